The lowest BCUT2D eigenvalue weighted by Crippen LogP contribution is -2.32. The van der Waals surface area contributed by atoms with Crippen molar-refractivity contribution < 1.29 is 4.79 Å². The highest BCUT2D eigenvalue weighted by Gasteiger charge is 2.32. The van der Waals surface area contributed by atoms with Crippen LogP contribution in [0.15, 0.2) is 24.3 Å². The number of nitrogens with zero attached hydrogens (tertiary/aromatic N) is 1. The van der Waals surface area contributed by atoms with Gasteiger partial charge in [0.15, 0.2) is 0 Å². The smallest absolute Gasteiger partial charge is 0.225 e. The molecule has 1 amide bonds. The predicted molar refractivity (Wildman–Crippen MR) is 86.6 cm³/mol. The molecule has 1 aliphatic rings. The molecule has 0 aromatic rings. The van der Waals surface area contributed by atoms with Gasteiger partial charge in [-0.25, -0.2) is 0 Å². The number of unbranched alkanes of at least 4 members (excludes halogenated alkanes) is 4. The molecule has 1 saturated carbocycles. The second-order valence-corrected chi connectivity index (χ2v) is 5.67. The van der Waals surface area contributed by atoms with Gasteiger partial charge in [0.25, 0.3) is 0 Å². The Hall–Kier alpha value is -1.05. The molecule has 1 rings (SSSR count). The Morgan fingerprint density at radius 1 is 1.00 bits per heavy atom. The molecule has 20 heavy (non-hydrogen) atoms. The molecule has 0 aromatic heterocycles. The van der Waals surface area contributed by atoms with Gasteiger partial charge in [-0.05, 0) is 45.4 Å². The Balaban J connectivity index is 2.04. The van der Waals surface area contributed by atoms with Crippen LogP contribution in [0.1, 0.15) is 65.2 Å². The van der Waals surface area contributed by atoms with E-state index >= 15 is 0 Å². The zero-order valence-corrected chi connectivity index (χ0v) is 13.3. The van der Waals surface area contributed by atoms with Gasteiger partial charge < -0.3 is 4.90 Å². The molecule has 0 N–H and O–H groups in total. The summed E-state index contributed by atoms with van der Waals surface area (Å²) in [6, 6.07) is 0. The number of likely N-dealkylation sites (N-methyl/N-ethyl adjacent to an activating group) is 1. The first-order valence-corrected chi connectivity index (χ1v) is 8.38. The van der Waals surface area contributed by atoms with E-state index in [1.54, 1.807) is 0 Å². The van der Waals surface area contributed by atoms with Crippen LogP contribution in [0.4, 0.5) is 0 Å². The van der Waals surface area contributed by atoms with Crippen LogP contribution in [-0.2, 0) is 4.79 Å². The fraction of sp³-hybridized carbons (Fsp3) is 0.722. The van der Waals surface area contributed by atoms with Gasteiger partial charge in [-0.15, -0.1) is 0 Å². The van der Waals surface area contributed by atoms with Crippen molar-refractivity contribution in [2.45, 2.75) is 65.2 Å². The van der Waals surface area contributed by atoms with Gasteiger partial charge in [0, 0.05) is 19.0 Å². The van der Waals surface area contributed by atoms with Gasteiger partial charge in [-0.3, -0.25) is 4.79 Å². The van der Waals surface area contributed by atoms with Crippen molar-refractivity contribution in [1.82, 2.24) is 4.90 Å². The summed E-state index contributed by atoms with van der Waals surface area (Å²) >= 11 is 0. The Bertz CT molecular complexity index is 315. The van der Waals surface area contributed by atoms with Crippen LogP contribution in [0.25, 0.3) is 0 Å². The van der Waals surface area contributed by atoms with Crippen LogP contribution in [0.2, 0.25) is 0 Å². The summed E-state index contributed by atoms with van der Waals surface area (Å²) in [6.07, 6.45) is 18.5. The van der Waals surface area contributed by atoms with Crippen molar-refractivity contribution in [3.8, 4) is 0 Å². The monoisotopic (exact) mass is 277 g/mol. The Labute approximate surface area is 124 Å². The topological polar surface area (TPSA) is 20.3 Å². The predicted octanol–water partition coefficient (Wildman–Crippen LogP) is 4.72. The fourth-order valence-electron chi connectivity index (χ4n) is 2.22. The molecule has 0 radical (unpaired) electrons. The largest absolute Gasteiger partial charge is 0.339 e. The molecule has 0 heterocycles. The lowest BCUT2D eigenvalue weighted by molar-refractivity contribution is -0.131. The summed E-state index contributed by atoms with van der Waals surface area (Å²) in [5, 5.41) is 0. The summed E-state index contributed by atoms with van der Waals surface area (Å²) in [5.74, 6) is 0.697. The SMILES string of the molecule is CCCCC/C=C\CC/C=C\CN(CC)C(=O)C1CC1. The van der Waals surface area contributed by atoms with E-state index in [0.29, 0.717) is 11.8 Å². The summed E-state index contributed by atoms with van der Waals surface area (Å²) in [6.45, 7) is 5.91. The van der Waals surface area contributed by atoms with Gasteiger partial charge >= 0.3 is 0 Å². The molecule has 2 heteroatoms. The van der Waals surface area contributed by atoms with E-state index in [1.165, 1.54) is 25.7 Å². The van der Waals surface area contributed by atoms with Crippen LogP contribution in [0.3, 0.4) is 0 Å². The second kappa shape index (κ2) is 10.7. The molecule has 0 atom stereocenters. The van der Waals surface area contributed by atoms with E-state index in [9.17, 15) is 4.79 Å². The van der Waals surface area contributed by atoms with E-state index < -0.39 is 0 Å². The van der Waals surface area contributed by atoms with E-state index in [0.717, 1.165) is 38.8 Å². The standard InChI is InChI=1S/C18H31NO/c1-3-5-6-7-8-9-10-11-12-13-16-19(4-2)18(20)17-14-15-17/h8-9,12-13,17H,3-7,10-11,14-16H2,1-2H3/b9-8-,13-12-. The van der Waals surface area contributed by atoms with Crippen LogP contribution < -0.4 is 0 Å². The molecule has 2 nitrogen and oxygen atoms in total. The van der Waals surface area contributed by atoms with Crippen LogP contribution in [-0.4, -0.2) is 23.9 Å². The third-order valence-corrected chi connectivity index (χ3v) is 3.75. The average molecular weight is 277 g/mol. The summed E-state index contributed by atoms with van der Waals surface area (Å²) in [5.41, 5.74) is 0. The van der Waals surface area contributed by atoms with Gasteiger partial charge in [0.05, 0.1) is 0 Å². The first-order valence-electron chi connectivity index (χ1n) is 8.38. The van der Waals surface area contributed by atoms with E-state index in [4.69, 9.17) is 0 Å². The quantitative estimate of drug-likeness (QED) is 0.395. The van der Waals surface area contributed by atoms with Crippen LogP contribution in [0, 0.1) is 5.92 Å². The van der Waals surface area contributed by atoms with Crippen molar-refractivity contribution >= 4 is 5.91 Å². The van der Waals surface area contributed by atoms with Crippen molar-refractivity contribution in [2.75, 3.05) is 13.1 Å². The maximum absolute atomic E-state index is 11.9. The molecule has 1 aliphatic carbocycles. The van der Waals surface area contributed by atoms with Gasteiger partial charge in [0.2, 0.25) is 5.91 Å². The minimum absolute atomic E-state index is 0.342. The highest BCUT2D eigenvalue weighted by Crippen LogP contribution is 2.30. The first kappa shape index (κ1) is 17.0. The third kappa shape index (κ3) is 7.52. The first-order chi connectivity index (χ1) is 9.79. The number of carbonyl (C=O) groups excluding carboxylic acids is 1. The number of hydrogen-bond donors (Lipinski definition) is 0. The Kier molecular flexibility index (Phi) is 9.10. The van der Waals surface area contributed by atoms with E-state index in [2.05, 4.69) is 38.2 Å². The lowest BCUT2D eigenvalue weighted by Gasteiger charge is -2.18. The van der Waals surface area contributed by atoms with Crippen molar-refractivity contribution in [3.05, 3.63) is 24.3 Å². The van der Waals surface area contributed by atoms with E-state index in [1.807, 2.05) is 4.90 Å². The maximum Gasteiger partial charge on any atom is 0.225 e. The molecule has 0 aliphatic heterocycles. The van der Waals surface area contributed by atoms with Gasteiger partial charge in [-0.1, -0.05) is 44.1 Å². The molecular weight excluding hydrogens is 246 g/mol. The molecule has 0 aromatic carbocycles. The van der Waals surface area contributed by atoms with Crippen molar-refractivity contribution in [2.24, 2.45) is 5.92 Å². The summed E-state index contributed by atoms with van der Waals surface area (Å²) in [7, 11) is 0. The molecule has 0 spiro atoms. The van der Waals surface area contributed by atoms with Crippen LogP contribution in [0.5, 0.6) is 0 Å². The minimum atomic E-state index is 0.342. The number of allylic oxidation sites excluding steroid dienone is 3. The lowest BCUT2D eigenvalue weighted by atomic mass is 10.2. The van der Waals surface area contributed by atoms with E-state index in [-0.39, 0.29) is 0 Å². The van der Waals surface area contributed by atoms with Gasteiger partial charge in [-0.2, -0.15) is 0 Å². The Morgan fingerprint density at radius 3 is 2.25 bits per heavy atom. The van der Waals surface area contributed by atoms with Crippen molar-refractivity contribution in [1.29, 1.82) is 0 Å². The minimum Gasteiger partial charge on any atom is -0.339 e. The van der Waals surface area contributed by atoms with Crippen LogP contribution >= 0.6 is 0 Å². The van der Waals surface area contributed by atoms with Crippen molar-refractivity contribution in [3.63, 3.8) is 0 Å². The number of amides is 1. The number of carbonyl (C=O) groups is 1. The molecular formula is C18H31NO. The zero-order valence-electron chi connectivity index (χ0n) is 13.3. The highest BCUT2D eigenvalue weighted by molar-refractivity contribution is 5.81. The molecule has 0 unspecified atom stereocenters. The third-order valence-electron chi connectivity index (χ3n) is 3.75. The summed E-state index contributed by atoms with van der Waals surface area (Å²) < 4.78 is 0. The summed E-state index contributed by atoms with van der Waals surface area (Å²) in [4.78, 5) is 13.9. The number of rotatable bonds is 11. The second-order valence-electron chi connectivity index (χ2n) is 5.67. The highest BCUT2D eigenvalue weighted by atomic mass is 16.2. The molecule has 0 bridgehead atoms. The molecule has 114 valence electrons. The Morgan fingerprint density at radius 2 is 1.65 bits per heavy atom. The maximum atomic E-state index is 11.9. The normalized spacial score (nSPS) is 15.3. The molecule has 1 fully saturated rings. The molecule has 0 saturated heterocycles. The van der Waals surface area contributed by atoms with Gasteiger partial charge in [0.1, 0.15) is 0 Å². The average Bonchev–Trinajstić information content (AvgIpc) is 3.29. The fourth-order valence-corrected chi connectivity index (χ4v) is 2.22. The zero-order chi connectivity index (χ0) is 14.6. The number of hydrogen-bond acceptors (Lipinski definition) is 1.